The van der Waals surface area contributed by atoms with E-state index in [1.807, 2.05) is 0 Å². The van der Waals surface area contributed by atoms with Gasteiger partial charge < -0.3 is 15.4 Å². The molecule has 0 saturated carbocycles. The maximum absolute atomic E-state index is 13.2. The highest BCUT2D eigenvalue weighted by atomic mass is 19.2. The van der Waals surface area contributed by atoms with E-state index in [1.165, 1.54) is 18.3 Å². The molecule has 1 fully saturated rings. The summed E-state index contributed by atoms with van der Waals surface area (Å²) < 4.78 is 31.4. The first-order valence-electron chi connectivity index (χ1n) is 8.25. The number of aromatic nitrogens is 2. The molecular formula is C17H19F2N5O2. The molecule has 0 radical (unpaired) electrons. The summed E-state index contributed by atoms with van der Waals surface area (Å²) in [6.07, 6.45) is 1.46. The van der Waals surface area contributed by atoms with Gasteiger partial charge in [0.2, 0.25) is 5.95 Å². The Morgan fingerprint density at radius 2 is 2.00 bits per heavy atom. The van der Waals surface area contributed by atoms with E-state index >= 15 is 0 Å². The smallest absolute Gasteiger partial charge is 0.274 e. The number of benzene rings is 1. The molecule has 9 heteroatoms. The van der Waals surface area contributed by atoms with Crippen LogP contribution in [0.15, 0.2) is 30.5 Å². The Bertz CT molecular complexity index is 769. The number of carbonyl (C=O) groups is 1. The Morgan fingerprint density at radius 3 is 2.77 bits per heavy atom. The van der Waals surface area contributed by atoms with Gasteiger partial charge in [0.25, 0.3) is 5.91 Å². The molecule has 26 heavy (non-hydrogen) atoms. The zero-order valence-corrected chi connectivity index (χ0v) is 14.0. The number of amides is 1. The lowest BCUT2D eigenvalue weighted by Gasteiger charge is -2.26. The lowest BCUT2D eigenvalue weighted by atomic mass is 10.3. The number of nitrogens with one attached hydrogen (secondary N) is 2. The molecule has 138 valence electrons. The topological polar surface area (TPSA) is 79.4 Å². The fourth-order valence-corrected chi connectivity index (χ4v) is 2.49. The largest absolute Gasteiger partial charge is 0.379 e. The van der Waals surface area contributed by atoms with Gasteiger partial charge in [0.1, 0.15) is 5.69 Å². The Labute approximate surface area is 149 Å². The van der Waals surface area contributed by atoms with Crippen molar-refractivity contribution >= 4 is 17.5 Å². The molecule has 1 saturated heterocycles. The van der Waals surface area contributed by atoms with E-state index in [0.717, 1.165) is 45.0 Å². The average molecular weight is 363 g/mol. The van der Waals surface area contributed by atoms with Crippen molar-refractivity contribution < 1.29 is 18.3 Å². The van der Waals surface area contributed by atoms with E-state index in [9.17, 15) is 13.6 Å². The molecule has 1 aromatic heterocycles. The second-order valence-electron chi connectivity index (χ2n) is 5.73. The monoisotopic (exact) mass is 363 g/mol. The van der Waals surface area contributed by atoms with Crippen LogP contribution in [-0.2, 0) is 4.74 Å². The van der Waals surface area contributed by atoms with Gasteiger partial charge in [-0.25, -0.2) is 18.7 Å². The molecule has 0 atom stereocenters. The summed E-state index contributed by atoms with van der Waals surface area (Å²) in [5.41, 5.74) is 0.271. The number of morpholine rings is 1. The number of ether oxygens (including phenoxy) is 1. The average Bonchev–Trinajstić information content (AvgIpc) is 2.66. The van der Waals surface area contributed by atoms with Crippen molar-refractivity contribution in [1.82, 2.24) is 14.9 Å². The van der Waals surface area contributed by atoms with Crippen molar-refractivity contribution in [1.29, 1.82) is 0 Å². The number of nitrogens with zero attached hydrogens (tertiary/aromatic N) is 3. The zero-order valence-electron chi connectivity index (χ0n) is 14.0. The quantitative estimate of drug-likeness (QED) is 0.814. The molecule has 7 nitrogen and oxygen atoms in total. The van der Waals surface area contributed by atoms with E-state index in [4.69, 9.17) is 4.74 Å². The van der Waals surface area contributed by atoms with Crippen molar-refractivity contribution in [3.8, 4) is 0 Å². The van der Waals surface area contributed by atoms with Crippen LogP contribution in [0.25, 0.3) is 0 Å². The molecule has 1 aliphatic rings. The van der Waals surface area contributed by atoms with Crippen LogP contribution in [0.4, 0.5) is 20.4 Å². The lowest BCUT2D eigenvalue weighted by Crippen LogP contribution is -2.39. The number of anilines is 2. The third-order valence-corrected chi connectivity index (χ3v) is 3.88. The summed E-state index contributed by atoms with van der Waals surface area (Å²) >= 11 is 0. The third-order valence-electron chi connectivity index (χ3n) is 3.88. The second kappa shape index (κ2) is 8.63. The van der Waals surface area contributed by atoms with E-state index in [-0.39, 0.29) is 11.4 Å². The highest BCUT2D eigenvalue weighted by Gasteiger charge is 2.12. The minimum absolute atomic E-state index is 0.124. The van der Waals surface area contributed by atoms with Crippen LogP contribution in [0.5, 0.6) is 0 Å². The molecule has 1 aromatic carbocycles. The standard InChI is InChI=1S/C17H19F2N5O2/c18-13-2-1-12(11-14(13)19)22-16(25)15-3-4-20-17(23-15)21-5-6-24-7-9-26-10-8-24/h1-4,11H,5-10H2,(H,22,25)(H,20,21,23). The van der Waals surface area contributed by atoms with Crippen LogP contribution in [0, 0.1) is 11.6 Å². The first kappa shape index (κ1) is 18.2. The van der Waals surface area contributed by atoms with Gasteiger partial charge in [-0.05, 0) is 18.2 Å². The van der Waals surface area contributed by atoms with Gasteiger partial charge in [0, 0.05) is 44.1 Å². The van der Waals surface area contributed by atoms with Crippen molar-refractivity contribution in [2.24, 2.45) is 0 Å². The van der Waals surface area contributed by atoms with Gasteiger partial charge in [0.15, 0.2) is 11.6 Å². The number of carbonyl (C=O) groups excluding carboxylic acids is 1. The summed E-state index contributed by atoms with van der Waals surface area (Å²) in [5, 5.41) is 5.55. The molecule has 2 N–H and O–H groups in total. The van der Waals surface area contributed by atoms with Gasteiger partial charge in [-0.15, -0.1) is 0 Å². The van der Waals surface area contributed by atoms with Crippen molar-refractivity contribution in [3.05, 3.63) is 47.8 Å². The fourth-order valence-electron chi connectivity index (χ4n) is 2.49. The maximum Gasteiger partial charge on any atom is 0.274 e. The molecule has 2 heterocycles. The first-order chi connectivity index (χ1) is 12.6. The Balaban J connectivity index is 1.55. The number of hydrogen-bond donors (Lipinski definition) is 2. The zero-order chi connectivity index (χ0) is 18.4. The summed E-state index contributed by atoms with van der Waals surface area (Å²) in [4.78, 5) is 22.7. The predicted octanol–water partition coefficient (Wildman–Crippen LogP) is 1.75. The molecule has 1 aliphatic heterocycles. The van der Waals surface area contributed by atoms with Gasteiger partial charge >= 0.3 is 0 Å². The van der Waals surface area contributed by atoms with Gasteiger partial charge in [-0.3, -0.25) is 9.69 Å². The lowest BCUT2D eigenvalue weighted by molar-refractivity contribution is 0.0398. The molecule has 3 rings (SSSR count). The Hall–Kier alpha value is -2.65. The number of hydrogen-bond acceptors (Lipinski definition) is 6. The summed E-state index contributed by atoms with van der Waals surface area (Å²) in [6.45, 7) is 4.69. The summed E-state index contributed by atoms with van der Waals surface area (Å²) in [5.74, 6) is -2.21. The van der Waals surface area contributed by atoms with Gasteiger partial charge in [0.05, 0.1) is 13.2 Å². The molecule has 0 unspecified atom stereocenters. The van der Waals surface area contributed by atoms with Crippen molar-refractivity contribution in [2.75, 3.05) is 50.0 Å². The maximum atomic E-state index is 13.2. The minimum atomic E-state index is -1.03. The molecule has 0 aliphatic carbocycles. The second-order valence-corrected chi connectivity index (χ2v) is 5.73. The normalized spacial score (nSPS) is 14.8. The van der Waals surface area contributed by atoms with Crippen LogP contribution in [0.2, 0.25) is 0 Å². The number of halogens is 2. The van der Waals surface area contributed by atoms with E-state index in [1.54, 1.807) is 0 Å². The minimum Gasteiger partial charge on any atom is -0.379 e. The van der Waals surface area contributed by atoms with Crippen LogP contribution >= 0.6 is 0 Å². The van der Waals surface area contributed by atoms with E-state index in [2.05, 4.69) is 25.5 Å². The third kappa shape index (κ3) is 4.93. The van der Waals surface area contributed by atoms with Crippen LogP contribution in [0.3, 0.4) is 0 Å². The molecule has 1 amide bonds. The van der Waals surface area contributed by atoms with Crippen molar-refractivity contribution in [3.63, 3.8) is 0 Å². The fraction of sp³-hybridized carbons (Fsp3) is 0.353. The van der Waals surface area contributed by atoms with E-state index in [0.29, 0.717) is 12.5 Å². The summed E-state index contributed by atoms with van der Waals surface area (Å²) in [7, 11) is 0. The molecule has 0 bridgehead atoms. The van der Waals surface area contributed by atoms with Crippen molar-refractivity contribution in [2.45, 2.75) is 0 Å². The molecule has 2 aromatic rings. The van der Waals surface area contributed by atoms with Crippen LogP contribution in [-0.4, -0.2) is 60.2 Å². The molecular weight excluding hydrogens is 344 g/mol. The van der Waals surface area contributed by atoms with Crippen LogP contribution in [0.1, 0.15) is 10.5 Å². The highest BCUT2D eigenvalue weighted by Crippen LogP contribution is 2.14. The first-order valence-corrected chi connectivity index (χ1v) is 8.25. The van der Waals surface area contributed by atoms with Gasteiger partial charge in [-0.2, -0.15) is 0 Å². The Morgan fingerprint density at radius 1 is 1.19 bits per heavy atom. The molecule has 0 spiro atoms. The Kier molecular flexibility index (Phi) is 6.03. The predicted molar refractivity (Wildman–Crippen MR) is 92.1 cm³/mol. The SMILES string of the molecule is O=C(Nc1ccc(F)c(F)c1)c1ccnc(NCCN2CCOCC2)n1. The summed E-state index contributed by atoms with van der Waals surface area (Å²) in [6, 6.07) is 4.58. The van der Waals surface area contributed by atoms with Crippen LogP contribution < -0.4 is 10.6 Å². The number of rotatable bonds is 6. The highest BCUT2D eigenvalue weighted by molar-refractivity contribution is 6.02. The van der Waals surface area contributed by atoms with Gasteiger partial charge in [-0.1, -0.05) is 0 Å². The van der Waals surface area contributed by atoms with E-state index < -0.39 is 17.5 Å².